The molecule has 3 rings (SSSR count). The van der Waals surface area contributed by atoms with Crippen LogP contribution in [0.5, 0.6) is 0 Å². The smallest absolute Gasteiger partial charge is 0.251 e. The SMILES string of the molecule is NCC(O)C(O)C(=O)NC1CC(N)CC(OC2OC(CO)C(OC3OC(CN)C(O)C(O)C3N)C2O)C1O. The van der Waals surface area contributed by atoms with Gasteiger partial charge in [-0.1, -0.05) is 0 Å². The molecule has 2 aliphatic heterocycles. The van der Waals surface area contributed by atoms with Gasteiger partial charge in [0.25, 0.3) is 5.91 Å². The normalized spacial score (nSPS) is 45.5. The van der Waals surface area contributed by atoms with E-state index in [0.29, 0.717) is 0 Å². The number of carbonyl (C=O) groups is 1. The molecule has 2 saturated heterocycles. The van der Waals surface area contributed by atoms with Crippen LogP contribution in [-0.2, 0) is 23.7 Å². The van der Waals surface area contributed by atoms with Crippen molar-refractivity contribution >= 4 is 5.91 Å². The highest BCUT2D eigenvalue weighted by atomic mass is 16.7. The fourth-order valence-corrected chi connectivity index (χ4v) is 4.84. The third-order valence-corrected chi connectivity index (χ3v) is 7.14. The summed E-state index contributed by atoms with van der Waals surface area (Å²) in [5.74, 6) is -0.960. The molecule has 0 bridgehead atoms. The van der Waals surface area contributed by atoms with Gasteiger partial charge in [0.15, 0.2) is 18.7 Å². The molecule has 0 aromatic rings. The van der Waals surface area contributed by atoms with Gasteiger partial charge in [0, 0.05) is 19.1 Å². The Bertz CT molecular complexity index is 770. The van der Waals surface area contributed by atoms with Crippen LogP contribution in [0.4, 0.5) is 0 Å². The summed E-state index contributed by atoms with van der Waals surface area (Å²) in [4.78, 5) is 12.3. The van der Waals surface area contributed by atoms with Gasteiger partial charge >= 0.3 is 0 Å². The number of carbonyl (C=O) groups excluding carboxylic acids is 1. The lowest BCUT2D eigenvalue weighted by Gasteiger charge is -2.42. The van der Waals surface area contributed by atoms with Gasteiger partial charge in [-0.25, -0.2) is 0 Å². The predicted octanol–water partition coefficient (Wildman–Crippen LogP) is -7.79. The molecule has 17 heteroatoms. The van der Waals surface area contributed by atoms with Gasteiger partial charge in [-0.2, -0.15) is 0 Å². The molecular weight excluding hydrogens is 514 g/mol. The van der Waals surface area contributed by atoms with Crippen LogP contribution >= 0.6 is 0 Å². The summed E-state index contributed by atoms with van der Waals surface area (Å²) in [5, 5.41) is 73.7. The Hall–Kier alpha value is -1.13. The first-order valence-electron chi connectivity index (χ1n) is 12.5. The van der Waals surface area contributed by atoms with Gasteiger partial charge in [-0.3, -0.25) is 4.79 Å². The molecule has 0 aromatic carbocycles. The number of hydrogen-bond acceptors (Lipinski definition) is 16. The van der Waals surface area contributed by atoms with E-state index in [1.54, 1.807) is 0 Å². The zero-order valence-electron chi connectivity index (χ0n) is 20.7. The summed E-state index contributed by atoms with van der Waals surface area (Å²) in [6, 6.07) is -2.74. The van der Waals surface area contributed by atoms with Gasteiger partial charge < -0.3 is 82.9 Å². The molecule has 222 valence electrons. The molecule has 2 heterocycles. The second kappa shape index (κ2) is 13.5. The molecule has 38 heavy (non-hydrogen) atoms. The third kappa shape index (κ3) is 6.77. The van der Waals surface area contributed by atoms with Crippen molar-refractivity contribution in [3.8, 4) is 0 Å². The standard InChI is InChI=1S/C21H41N5O12/c22-3-8(28)14(30)19(34)26-7-1-6(24)2-9(13(7)29)35-21-17(33)18(11(5-27)37-21)38-20-12(25)16(32)15(31)10(4-23)36-20/h6-18,20-21,27-33H,1-5,22-25H2,(H,26,34). The summed E-state index contributed by atoms with van der Waals surface area (Å²) in [7, 11) is 0. The molecule has 1 saturated carbocycles. The second-order valence-electron chi connectivity index (χ2n) is 9.91. The fraction of sp³-hybridized carbons (Fsp3) is 0.952. The predicted molar refractivity (Wildman–Crippen MR) is 125 cm³/mol. The highest BCUT2D eigenvalue weighted by Crippen LogP contribution is 2.32. The molecule has 0 spiro atoms. The van der Waals surface area contributed by atoms with Gasteiger partial charge in [-0.15, -0.1) is 0 Å². The van der Waals surface area contributed by atoms with Crippen molar-refractivity contribution < 1.29 is 59.5 Å². The van der Waals surface area contributed by atoms with Gasteiger partial charge in [0.2, 0.25) is 0 Å². The molecule has 0 radical (unpaired) electrons. The second-order valence-corrected chi connectivity index (χ2v) is 9.91. The van der Waals surface area contributed by atoms with Crippen LogP contribution in [0.15, 0.2) is 0 Å². The number of aliphatic hydroxyl groups excluding tert-OH is 7. The largest absolute Gasteiger partial charge is 0.394 e. The van der Waals surface area contributed by atoms with Crippen molar-refractivity contribution in [2.24, 2.45) is 22.9 Å². The lowest BCUT2D eigenvalue weighted by Crippen LogP contribution is -2.64. The number of ether oxygens (including phenoxy) is 4. The molecule has 1 aliphatic carbocycles. The van der Waals surface area contributed by atoms with Crippen molar-refractivity contribution in [1.82, 2.24) is 5.32 Å². The quantitative estimate of drug-likeness (QED) is 0.119. The average molecular weight is 556 g/mol. The maximum Gasteiger partial charge on any atom is 0.251 e. The van der Waals surface area contributed by atoms with Crippen molar-refractivity contribution in [1.29, 1.82) is 0 Å². The summed E-state index contributed by atoms with van der Waals surface area (Å²) in [6.07, 6.45) is -15.9. The molecule has 15 atom stereocenters. The Labute approximate surface area is 218 Å². The van der Waals surface area contributed by atoms with Gasteiger partial charge in [0.05, 0.1) is 24.8 Å². The van der Waals surface area contributed by atoms with E-state index in [2.05, 4.69) is 5.32 Å². The summed E-state index contributed by atoms with van der Waals surface area (Å²) >= 11 is 0. The molecule has 3 aliphatic rings. The van der Waals surface area contributed by atoms with E-state index in [1.165, 1.54) is 0 Å². The minimum absolute atomic E-state index is 0.113. The molecule has 16 N–H and O–H groups in total. The van der Waals surface area contributed by atoms with E-state index in [-0.39, 0.29) is 25.9 Å². The van der Waals surface area contributed by atoms with Crippen LogP contribution in [-0.4, -0.2) is 153 Å². The highest BCUT2D eigenvalue weighted by Gasteiger charge is 2.51. The monoisotopic (exact) mass is 555 g/mol. The summed E-state index contributed by atoms with van der Waals surface area (Å²) < 4.78 is 22.7. The van der Waals surface area contributed by atoms with Crippen LogP contribution in [0.2, 0.25) is 0 Å². The van der Waals surface area contributed by atoms with Crippen molar-refractivity contribution in [3.63, 3.8) is 0 Å². The Morgan fingerprint density at radius 3 is 2.18 bits per heavy atom. The number of rotatable bonds is 10. The van der Waals surface area contributed by atoms with Crippen LogP contribution < -0.4 is 28.3 Å². The Morgan fingerprint density at radius 2 is 1.58 bits per heavy atom. The molecule has 15 unspecified atom stereocenters. The first-order chi connectivity index (χ1) is 17.9. The lowest BCUT2D eigenvalue weighted by atomic mass is 9.86. The topological polar surface area (TPSA) is 312 Å². The molecule has 17 nitrogen and oxygen atoms in total. The van der Waals surface area contributed by atoms with E-state index in [4.69, 9.17) is 41.9 Å². The number of nitrogens with two attached hydrogens (primary N) is 4. The van der Waals surface area contributed by atoms with Crippen molar-refractivity contribution in [2.75, 3.05) is 19.7 Å². The highest BCUT2D eigenvalue weighted by molar-refractivity contribution is 5.81. The first kappa shape index (κ1) is 31.4. The van der Waals surface area contributed by atoms with Crippen molar-refractivity contribution in [2.45, 2.75) is 105 Å². The van der Waals surface area contributed by atoms with E-state index < -0.39 is 104 Å². The first-order valence-corrected chi connectivity index (χ1v) is 12.5. The van der Waals surface area contributed by atoms with E-state index in [9.17, 15) is 40.5 Å². The van der Waals surface area contributed by atoms with E-state index in [0.717, 1.165) is 0 Å². The van der Waals surface area contributed by atoms with Crippen molar-refractivity contribution in [3.05, 3.63) is 0 Å². The zero-order valence-corrected chi connectivity index (χ0v) is 20.7. The van der Waals surface area contributed by atoms with Crippen LogP contribution in [0, 0.1) is 0 Å². The zero-order chi connectivity index (χ0) is 28.3. The Kier molecular flexibility index (Phi) is 11.1. The van der Waals surface area contributed by atoms with Crippen LogP contribution in [0.3, 0.4) is 0 Å². The van der Waals surface area contributed by atoms with Gasteiger partial charge in [-0.05, 0) is 12.8 Å². The van der Waals surface area contributed by atoms with Crippen LogP contribution in [0.25, 0.3) is 0 Å². The van der Waals surface area contributed by atoms with E-state index >= 15 is 0 Å². The number of aliphatic hydroxyl groups is 7. The average Bonchev–Trinajstić information content (AvgIpc) is 3.19. The van der Waals surface area contributed by atoms with Crippen LogP contribution in [0.1, 0.15) is 12.8 Å². The Morgan fingerprint density at radius 1 is 0.921 bits per heavy atom. The maximum absolute atomic E-state index is 12.3. The minimum atomic E-state index is -1.82. The molecule has 1 amide bonds. The number of hydrogen-bond donors (Lipinski definition) is 12. The molecule has 3 fully saturated rings. The number of nitrogens with one attached hydrogen (secondary N) is 1. The fourth-order valence-electron chi connectivity index (χ4n) is 4.84. The lowest BCUT2D eigenvalue weighted by molar-refractivity contribution is -0.280. The molecular formula is C21H41N5O12. The summed E-state index contributed by atoms with van der Waals surface area (Å²) in [5.41, 5.74) is 22.8. The van der Waals surface area contributed by atoms with Gasteiger partial charge in [0.1, 0.15) is 48.8 Å². The maximum atomic E-state index is 12.3. The number of amides is 1. The third-order valence-electron chi connectivity index (χ3n) is 7.14. The minimum Gasteiger partial charge on any atom is -0.394 e. The van der Waals surface area contributed by atoms with E-state index in [1.807, 2.05) is 0 Å². The summed E-state index contributed by atoms with van der Waals surface area (Å²) in [6.45, 7) is -1.12. The molecule has 0 aromatic heterocycles. The Balaban J connectivity index is 1.65.